The molecule has 0 aliphatic heterocycles. The molecule has 2 aromatic carbocycles. The summed E-state index contributed by atoms with van der Waals surface area (Å²) in [6.45, 7) is 0. The molecule has 2 aromatic rings. The molecule has 120 valence electrons. The summed E-state index contributed by atoms with van der Waals surface area (Å²) in [5.74, 6) is -0.869. The summed E-state index contributed by atoms with van der Waals surface area (Å²) in [6.07, 6.45) is 0. The SMILES string of the molecule is CNc1c(S(=O)(=O)O)cc(Br)c2c1C(=O)c1ccccc1C2=O.[H-].[Na+]. The van der Waals surface area contributed by atoms with E-state index in [9.17, 15) is 22.6 Å². The molecule has 24 heavy (non-hydrogen) atoms. The first-order chi connectivity index (χ1) is 10.8. The largest absolute Gasteiger partial charge is 1.00 e. The molecule has 2 N–H and O–H groups in total. The summed E-state index contributed by atoms with van der Waals surface area (Å²) in [7, 11) is -3.16. The van der Waals surface area contributed by atoms with E-state index in [0.717, 1.165) is 6.07 Å². The minimum absolute atomic E-state index is 0. The van der Waals surface area contributed by atoms with Crippen molar-refractivity contribution in [3.8, 4) is 0 Å². The zero-order valence-electron chi connectivity index (χ0n) is 13.8. The molecule has 1 aliphatic rings. The van der Waals surface area contributed by atoms with E-state index < -0.39 is 20.8 Å². The second-order valence-electron chi connectivity index (χ2n) is 4.91. The van der Waals surface area contributed by atoms with Crippen LogP contribution in [0.25, 0.3) is 0 Å². The third-order valence-corrected chi connectivity index (χ3v) is 5.14. The standard InChI is InChI=1S/C15H10BrNO5S.Na.H/c1-17-13-10(23(20,21)22)6-9(16)11-12(13)15(19)8-5-3-2-4-7(8)14(11)18;;/h2-6,17H,1H3,(H,20,21,22);;/q;+1;-1. The van der Waals surface area contributed by atoms with Gasteiger partial charge in [-0.15, -0.1) is 0 Å². The number of carbonyl (C=O) groups excluding carboxylic acids is 2. The molecule has 0 aromatic heterocycles. The van der Waals surface area contributed by atoms with E-state index in [2.05, 4.69) is 21.2 Å². The Bertz CT molecular complexity index is 994. The molecular weight excluding hydrogens is 409 g/mol. The van der Waals surface area contributed by atoms with Gasteiger partial charge in [0.1, 0.15) is 4.90 Å². The fraction of sp³-hybridized carbons (Fsp3) is 0.0667. The van der Waals surface area contributed by atoms with Crippen LogP contribution in [-0.4, -0.2) is 31.6 Å². The minimum atomic E-state index is -4.58. The number of carbonyl (C=O) groups is 2. The van der Waals surface area contributed by atoms with Gasteiger partial charge in [-0.05, 0) is 22.0 Å². The number of nitrogens with one attached hydrogen (secondary N) is 1. The maximum atomic E-state index is 12.8. The van der Waals surface area contributed by atoms with Crippen LogP contribution < -0.4 is 34.9 Å². The first kappa shape index (κ1) is 19.3. The quantitative estimate of drug-likeness (QED) is 0.434. The van der Waals surface area contributed by atoms with Gasteiger partial charge in [-0.25, -0.2) is 0 Å². The van der Waals surface area contributed by atoms with Gasteiger partial charge in [-0.3, -0.25) is 14.1 Å². The summed E-state index contributed by atoms with van der Waals surface area (Å²) in [5, 5.41) is 2.61. The number of rotatable bonds is 2. The fourth-order valence-electron chi connectivity index (χ4n) is 2.68. The molecule has 0 fully saturated rings. The number of anilines is 1. The van der Waals surface area contributed by atoms with Crippen molar-refractivity contribution in [1.82, 2.24) is 0 Å². The Hall–Kier alpha value is -1.03. The zero-order valence-corrected chi connectivity index (χ0v) is 17.2. The van der Waals surface area contributed by atoms with Crippen LogP contribution in [0.1, 0.15) is 33.3 Å². The van der Waals surface area contributed by atoms with E-state index in [0.29, 0.717) is 0 Å². The van der Waals surface area contributed by atoms with Crippen molar-refractivity contribution in [2.75, 3.05) is 12.4 Å². The molecule has 3 rings (SSSR count). The van der Waals surface area contributed by atoms with E-state index in [4.69, 9.17) is 0 Å². The molecule has 0 saturated carbocycles. The summed E-state index contributed by atoms with van der Waals surface area (Å²) in [5.41, 5.74) is 0.357. The molecule has 6 nitrogen and oxygen atoms in total. The van der Waals surface area contributed by atoms with Gasteiger partial charge in [0.05, 0.1) is 16.8 Å². The summed E-state index contributed by atoms with van der Waals surface area (Å²) >= 11 is 3.13. The molecule has 0 heterocycles. The van der Waals surface area contributed by atoms with E-state index >= 15 is 0 Å². The van der Waals surface area contributed by atoms with Crippen LogP contribution in [0.2, 0.25) is 0 Å². The molecule has 0 spiro atoms. The first-order valence-electron chi connectivity index (χ1n) is 6.47. The third-order valence-electron chi connectivity index (χ3n) is 3.64. The zero-order chi connectivity index (χ0) is 16.9. The number of ketones is 2. The number of hydrogen-bond acceptors (Lipinski definition) is 5. The first-order valence-corrected chi connectivity index (χ1v) is 8.71. The van der Waals surface area contributed by atoms with Crippen LogP contribution in [0.4, 0.5) is 5.69 Å². The number of fused-ring (bicyclic) bond motifs is 2. The molecule has 1 aliphatic carbocycles. The van der Waals surface area contributed by atoms with Crippen molar-refractivity contribution in [3.63, 3.8) is 0 Å². The van der Waals surface area contributed by atoms with Gasteiger partial charge in [-0.2, -0.15) is 8.42 Å². The average molecular weight is 420 g/mol. The van der Waals surface area contributed by atoms with Gasteiger partial charge in [0.25, 0.3) is 10.1 Å². The van der Waals surface area contributed by atoms with Gasteiger partial charge in [0.15, 0.2) is 11.6 Å². The number of benzene rings is 2. The molecule has 0 bridgehead atoms. The minimum Gasteiger partial charge on any atom is -1.00 e. The van der Waals surface area contributed by atoms with Crippen LogP contribution in [0.5, 0.6) is 0 Å². The molecule has 0 atom stereocenters. The van der Waals surface area contributed by atoms with Gasteiger partial charge >= 0.3 is 29.6 Å². The van der Waals surface area contributed by atoms with Crippen molar-refractivity contribution in [1.29, 1.82) is 0 Å². The Kier molecular flexibility index (Phi) is 5.39. The maximum Gasteiger partial charge on any atom is 1.00 e. The molecule has 9 heteroatoms. The Balaban J connectivity index is 0.00000156. The molecule has 0 saturated heterocycles. The van der Waals surface area contributed by atoms with Crippen LogP contribution in [0, 0.1) is 0 Å². The average Bonchev–Trinajstić information content (AvgIpc) is 2.50. The topological polar surface area (TPSA) is 101 Å². The van der Waals surface area contributed by atoms with Crippen LogP contribution in [0.3, 0.4) is 0 Å². The van der Waals surface area contributed by atoms with E-state index in [-0.39, 0.29) is 69.2 Å². The van der Waals surface area contributed by atoms with Crippen molar-refractivity contribution >= 4 is 43.3 Å². The molecular formula is C15H11BrNNaO5S. The Morgan fingerprint density at radius 1 is 1.08 bits per heavy atom. The maximum absolute atomic E-state index is 12.8. The van der Waals surface area contributed by atoms with Gasteiger partial charge in [0.2, 0.25) is 0 Å². The van der Waals surface area contributed by atoms with Gasteiger partial charge < -0.3 is 6.74 Å². The van der Waals surface area contributed by atoms with Crippen LogP contribution in [-0.2, 0) is 10.1 Å². The number of hydrogen-bond donors (Lipinski definition) is 2. The Morgan fingerprint density at radius 2 is 1.58 bits per heavy atom. The summed E-state index contributed by atoms with van der Waals surface area (Å²) < 4.78 is 32.7. The molecule has 0 amide bonds. The van der Waals surface area contributed by atoms with Crippen molar-refractivity contribution < 1.29 is 53.5 Å². The monoisotopic (exact) mass is 419 g/mol. The predicted octanol–water partition coefficient (Wildman–Crippen LogP) is -0.371. The van der Waals surface area contributed by atoms with E-state index in [1.165, 1.54) is 13.1 Å². The van der Waals surface area contributed by atoms with Gasteiger partial charge in [0, 0.05) is 22.6 Å². The molecule has 0 radical (unpaired) electrons. The van der Waals surface area contributed by atoms with Crippen LogP contribution in [0.15, 0.2) is 39.7 Å². The predicted molar refractivity (Wildman–Crippen MR) is 87.9 cm³/mol. The normalized spacial score (nSPS) is 13.0. The fourth-order valence-corrected chi connectivity index (χ4v) is 4.16. The van der Waals surface area contributed by atoms with Crippen molar-refractivity contribution in [2.45, 2.75) is 4.90 Å². The summed E-state index contributed by atoms with van der Waals surface area (Å²) in [6, 6.07) is 7.43. The third kappa shape index (κ3) is 2.87. The smallest absolute Gasteiger partial charge is 1.00 e. The number of halogens is 1. The van der Waals surface area contributed by atoms with Crippen molar-refractivity contribution in [2.24, 2.45) is 0 Å². The second-order valence-corrected chi connectivity index (χ2v) is 7.15. The van der Waals surface area contributed by atoms with Gasteiger partial charge in [-0.1, -0.05) is 24.3 Å². The Labute approximate surface area is 170 Å². The van der Waals surface area contributed by atoms with E-state index in [1.807, 2.05) is 0 Å². The van der Waals surface area contributed by atoms with Crippen LogP contribution >= 0.6 is 15.9 Å². The second kappa shape index (κ2) is 6.70. The Morgan fingerprint density at radius 3 is 2.04 bits per heavy atom. The molecule has 0 unspecified atom stereocenters. The summed E-state index contributed by atoms with van der Waals surface area (Å²) in [4.78, 5) is 25.0. The van der Waals surface area contributed by atoms with E-state index in [1.54, 1.807) is 18.2 Å². The van der Waals surface area contributed by atoms with Crippen molar-refractivity contribution in [3.05, 3.63) is 57.1 Å².